The van der Waals surface area contributed by atoms with Crippen LogP contribution in [0.1, 0.15) is 5.56 Å². The fourth-order valence-electron chi connectivity index (χ4n) is 1.00. The van der Waals surface area contributed by atoms with E-state index in [1.807, 2.05) is 0 Å². The molecule has 0 aromatic heterocycles. The quantitative estimate of drug-likeness (QED) is 0.757. The Hall–Kier alpha value is -1.03. The van der Waals surface area contributed by atoms with Gasteiger partial charge < -0.3 is 9.47 Å². The van der Waals surface area contributed by atoms with Crippen molar-refractivity contribution in [1.29, 1.82) is 0 Å². The van der Waals surface area contributed by atoms with Crippen LogP contribution in [0.5, 0.6) is 11.5 Å². The van der Waals surface area contributed by atoms with Crippen LogP contribution in [-0.4, -0.2) is 25.3 Å². The van der Waals surface area contributed by atoms with E-state index in [1.54, 1.807) is 31.6 Å². The zero-order valence-corrected chi connectivity index (χ0v) is 9.33. The monoisotopic (exact) mass is 257 g/mol. The van der Waals surface area contributed by atoms with Crippen molar-refractivity contribution in [2.45, 2.75) is 0 Å². The number of benzene rings is 1. The van der Waals surface area contributed by atoms with Gasteiger partial charge in [0.15, 0.2) is 11.5 Å². The van der Waals surface area contributed by atoms with Crippen molar-refractivity contribution >= 4 is 22.2 Å². The molecule has 0 aliphatic rings. The number of carbonyl (C=O) groups excluding carboxylic acids is 1. The zero-order chi connectivity index (χ0) is 10.4. The molecule has 0 aliphatic heterocycles. The fraction of sp³-hybridized carbons (Fsp3) is 0.300. The normalized spacial score (nSPS) is 9.57. The Morgan fingerprint density at radius 2 is 2.21 bits per heavy atom. The third-order valence-electron chi connectivity index (χ3n) is 1.62. The van der Waals surface area contributed by atoms with E-state index in [4.69, 9.17) is 9.47 Å². The number of hydrogen-bond donors (Lipinski definition) is 0. The molecular formula is C10H10BrO3. The summed E-state index contributed by atoms with van der Waals surface area (Å²) < 4.78 is 10.4. The van der Waals surface area contributed by atoms with E-state index in [2.05, 4.69) is 15.9 Å². The summed E-state index contributed by atoms with van der Waals surface area (Å²) in [6.07, 6.45) is 1.80. The molecule has 0 heterocycles. The van der Waals surface area contributed by atoms with Gasteiger partial charge in [-0.25, -0.2) is 0 Å². The average molecular weight is 258 g/mol. The van der Waals surface area contributed by atoms with Crippen LogP contribution in [0.3, 0.4) is 0 Å². The largest absolute Gasteiger partial charge is 0.493 e. The van der Waals surface area contributed by atoms with Gasteiger partial charge in [-0.2, -0.15) is 0 Å². The lowest BCUT2D eigenvalue weighted by Crippen LogP contribution is -2.00. The predicted molar refractivity (Wildman–Crippen MR) is 57.1 cm³/mol. The Balaban J connectivity index is 2.89. The second kappa shape index (κ2) is 5.65. The molecule has 0 saturated heterocycles. The lowest BCUT2D eigenvalue weighted by molar-refractivity contribution is 0.314. The molecule has 0 N–H and O–H groups in total. The van der Waals surface area contributed by atoms with Crippen molar-refractivity contribution in [1.82, 2.24) is 0 Å². The van der Waals surface area contributed by atoms with Crippen LogP contribution >= 0.6 is 15.9 Å². The van der Waals surface area contributed by atoms with Crippen molar-refractivity contribution in [2.24, 2.45) is 0 Å². The second-order valence-corrected chi connectivity index (χ2v) is 3.30. The van der Waals surface area contributed by atoms with Gasteiger partial charge in [0.05, 0.1) is 13.7 Å². The second-order valence-electron chi connectivity index (χ2n) is 2.51. The first kappa shape index (κ1) is 11.0. The van der Waals surface area contributed by atoms with E-state index in [0.717, 1.165) is 5.33 Å². The average Bonchev–Trinajstić information content (AvgIpc) is 2.25. The molecule has 0 saturated carbocycles. The Bertz CT molecular complexity index is 312. The molecule has 1 aromatic carbocycles. The smallest absolute Gasteiger partial charge is 0.233 e. The van der Waals surface area contributed by atoms with Gasteiger partial charge in [0.25, 0.3) is 0 Å². The molecule has 3 nitrogen and oxygen atoms in total. The summed E-state index contributed by atoms with van der Waals surface area (Å²) in [5.74, 6) is 1.18. The number of rotatable bonds is 5. The highest BCUT2D eigenvalue weighted by molar-refractivity contribution is 9.09. The zero-order valence-electron chi connectivity index (χ0n) is 7.75. The Morgan fingerprint density at radius 1 is 1.43 bits per heavy atom. The highest BCUT2D eigenvalue weighted by atomic mass is 79.9. The van der Waals surface area contributed by atoms with Gasteiger partial charge in [0, 0.05) is 10.9 Å². The van der Waals surface area contributed by atoms with Gasteiger partial charge in [0.2, 0.25) is 6.29 Å². The SMILES string of the molecule is COc1ccc([C]=O)cc1OCCBr. The Kier molecular flexibility index (Phi) is 4.46. The van der Waals surface area contributed by atoms with E-state index in [0.29, 0.717) is 23.7 Å². The first-order valence-corrected chi connectivity index (χ1v) is 5.19. The van der Waals surface area contributed by atoms with Crippen LogP contribution in [-0.2, 0) is 4.79 Å². The van der Waals surface area contributed by atoms with Crippen molar-refractivity contribution < 1.29 is 14.3 Å². The van der Waals surface area contributed by atoms with Gasteiger partial charge in [0.1, 0.15) is 0 Å². The van der Waals surface area contributed by atoms with Gasteiger partial charge in [-0.1, -0.05) is 15.9 Å². The molecule has 4 heteroatoms. The van der Waals surface area contributed by atoms with Gasteiger partial charge in [-0.15, -0.1) is 0 Å². The number of hydrogen-bond acceptors (Lipinski definition) is 3. The minimum absolute atomic E-state index is 0.454. The maximum atomic E-state index is 10.4. The van der Waals surface area contributed by atoms with Gasteiger partial charge >= 0.3 is 0 Å². The molecule has 1 rings (SSSR count). The summed E-state index contributed by atoms with van der Waals surface area (Å²) in [7, 11) is 1.56. The number of ether oxygens (including phenoxy) is 2. The van der Waals surface area contributed by atoms with Gasteiger partial charge in [-0.3, -0.25) is 4.79 Å². The molecule has 0 amide bonds. The van der Waals surface area contributed by atoms with Crippen LogP contribution < -0.4 is 9.47 Å². The Morgan fingerprint density at radius 3 is 2.79 bits per heavy atom. The van der Waals surface area contributed by atoms with Crippen LogP contribution in [0.15, 0.2) is 18.2 Å². The predicted octanol–water partition coefficient (Wildman–Crippen LogP) is 1.93. The van der Waals surface area contributed by atoms with Crippen LogP contribution in [0, 0.1) is 0 Å². The fourth-order valence-corrected chi connectivity index (χ4v) is 1.16. The molecule has 0 aliphatic carbocycles. The number of alkyl halides is 1. The van der Waals surface area contributed by atoms with E-state index in [1.165, 1.54) is 0 Å². The molecule has 0 unspecified atom stereocenters. The Labute approximate surface area is 91.1 Å². The van der Waals surface area contributed by atoms with Crippen molar-refractivity contribution in [3.8, 4) is 11.5 Å². The molecule has 1 aromatic rings. The lowest BCUT2D eigenvalue weighted by Gasteiger charge is -2.09. The van der Waals surface area contributed by atoms with E-state index < -0.39 is 0 Å². The minimum Gasteiger partial charge on any atom is -0.493 e. The standard InChI is InChI=1S/C10H10BrO3/c1-13-9-3-2-8(7-12)6-10(9)14-5-4-11/h2-3,6H,4-5H2,1H3. The maximum Gasteiger partial charge on any atom is 0.233 e. The third-order valence-corrected chi connectivity index (χ3v) is 1.94. The summed E-state index contributed by atoms with van der Waals surface area (Å²) in [6, 6.07) is 4.92. The molecule has 0 spiro atoms. The first-order chi connectivity index (χ1) is 6.81. The highest BCUT2D eigenvalue weighted by Gasteiger charge is 2.05. The molecule has 0 fully saturated rings. The van der Waals surface area contributed by atoms with Crippen molar-refractivity contribution in [3.05, 3.63) is 23.8 Å². The van der Waals surface area contributed by atoms with E-state index in [-0.39, 0.29) is 0 Å². The summed E-state index contributed by atoms with van der Waals surface area (Å²) in [4.78, 5) is 10.4. The number of methoxy groups -OCH3 is 1. The third kappa shape index (κ3) is 2.73. The summed E-state index contributed by atoms with van der Waals surface area (Å²) >= 11 is 3.25. The van der Waals surface area contributed by atoms with Crippen LogP contribution in [0.25, 0.3) is 0 Å². The van der Waals surface area contributed by atoms with Crippen molar-refractivity contribution in [2.75, 3.05) is 19.0 Å². The summed E-state index contributed by atoms with van der Waals surface area (Å²) in [5.41, 5.74) is 0.454. The summed E-state index contributed by atoms with van der Waals surface area (Å²) in [5, 5.41) is 0.727. The molecule has 75 valence electrons. The number of halogens is 1. The van der Waals surface area contributed by atoms with Crippen molar-refractivity contribution in [3.63, 3.8) is 0 Å². The van der Waals surface area contributed by atoms with E-state index in [9.17, 15) is 4.79 Å². The van der Waals surface area contributed by atoms with Gasteiger partial charge in [-0.05, 0) is 18.2 Å². The van der Waals surface area contributed by atoms with E-state index >= 15 is 0 Å². The topological polar surface area (TPSA) is 35.5 Å². The first-order valence-electron chi connectivity index (χ1n) is 4.06. The molecular weight excluding hydrogens is 248 g/mol. The minimum atomic E-state index is 0.454. The van der Waals surface area contributed by atoms with Crippen LogP contribution in [0.4, 0.5) is 0 Å². The molecule has 14 heavy (non-hydrogen) atoms. The van der Waals surface area contributed by atoms with Crippen LogP contribution in [0.2, 0.25) is 0 Å². The maximum absolute atomic E-state index is 10.4. The lowest BCUT2D eigenvalue weighted by atomic mass is 10.2. The molecule has 0 bridgehead atoms. The molecule has 1 radical (unpaired) electrons. The summed E-state index contributed by atoms with van der Waals surface area (Å²) in [6.45, 7) is 0.526. The highest BCUT2D eigenvalue weighted by Crippen LogP contribution is 2.27. The molecule has 0 atom stereocenters.